The Balaban J connectivity index is 1.51. The van der Waals surface area contributed by atoms with Crippen LogP contribution in [0.3, 0.4) is 0 Å². The van der Waals surface area contributed by atoms with Gasteiger partial charge in [0, 0.05) is 6.54 Å². The third kappa shape index (κ3) is 3.12. The second-order valence-corrected chi connectivity index (χ2v) is 6.56. The predicted octanol–water partition coefficient (Wildman–Crippen LogP) is 3.00. The number of hydrogen-bond acceptors (Lipinski definition) is 3. The van der Waals surface area contributed by atoms with Crippen molar-refractivity contribution < 1.29 is 14.7 Å². The second-order valence-electron chi connectivity index (χ2n) is 5.64. The standard InChI is InChI=1S/C14H18N2O3S/c17-13(18)10-5-6-20-12(10)16-14(19)15-7-11(8-1-2-8)9-3-4-9/h5-6,8-9,11H,1-4,7H2,(H,17,18)(H2,15,16,19). The number of carbonyl (C=O) groups is 2. The summed E-state index contributed by atoms with van der Waals surface area (Å²) in [5.41, 5.74) is 0.145. The van der Waals surface area contributed by atoms with E-state index in [2.05, 4.69) is 10.6 Å². The van der Waals surface area contributed by atoms with Crippen LogP contribution in [0.4, 0.5) is 9.80 Å². The summed E-state index contributed by atoms with van der Waals surface area (Å²) < 4.78 is 0. The average Bonchev–Trinajstić information content (AvgIpc) is 3.31. The lowest BCUT2D eigenvalue weighted by atomic mass is 9.98. The summed E-state index contributed by atoms with van der Waals surface area (Å²) in [7, 11) is 0. The van der Waals surface area contributed by atoms with Crippen molar-refractivity contribution in [1.29, 1.82) is 0 Å². The molecule has 3 N–H and O–H groups in total. The number of carbonyl (C=O) groups excluding carboxylic acids is 1. The SMILES string of the molecule is O=C(NCC(C1CC1)C1CC1)Nc1sccc1C(=O)O. The summed E-state index contributed by atoms with van der Waals surface area (Å²) in [6, 6.07) is 1.20. The fourth-order valence-corrected chi connectivity index (χ4v) is 3.47. The number of nitrogens with one attached hydrogen (secondary N) is 2. The molecule has 0 unspecified atom stereocenters. The fourth-order valence-electron chi connectivity index (χ4n) is 2.70. The first-order valence-electron chi connectivity index (χ1n) is 7.01. The van der Waals surface area contributed by atoms with Gasteiger partial charge in [0.1, 0.15) is 5.00 Å². The van der Waals surface area contributed by atoms with Crippen molar-refractivity contribution in [2.75, 3.05) is 11.9 Å². The summed E-state index contributed by atoms with van der Waals surface area (Å²) in [6.07, 6.45) is 5.16. The minimum atomic E-state index is -1.02. The molecular formula is C14H18N2O3S. The third-order valence-electron chi connectivity index (χ3n) is 4.08. The molecule has 1 heterocycles. The normalized spacial score (nSPS) is 18.1. The molecule has 20 heavy (non-hydrogen) atoms. The zero-order chi connectivity index (χ0) is 14.1. The minimum absolute atomic E-state index is 0.145. The Morgan fingerprint density at radius 3 is 2.50 bits per heavy atom. The molecule has 2 fully saturated rings. The predicted molar refractivity (Wildman–Crippen MR) is 77.2 cm³/mol. The second kappa shape index (κ2) is 5.44. The highest BCUT2D eigenvalue weighted by Crippen LogP contribution is 2.48. The summed E-state index contributed by atoms with van der Waals surface area (Å²) >= 11 is 1.22. The lowest BCUT2D eigenvalue weighted by Gasteiger charge is -2.16. The smallest absolute Gasteiger partial charge is 0.338 e. The Bertz CT molecular complexity index is 508. The van der Waals surface area contributed by atoms with Gasteiger partial charge in [0.25, 0.3) is 0 Å². The highest BCUT2D eigenvalue weighted by atomic mass is 32.1. The maximum atomic E-state index is 11.9. The molecule has 3 rings (SSSR count). The van der Waals surface area contributed by atoms with E-state index in [1.807, 2.05) is 0 Å². The Morgan fingerprint density at radius 2 is 1.95 bits per heavy atom. The first kappa shape index (κ1) is 13.4. The molecular weight excluding hydrogens is 276 g/mol. The molecule has 108 valence electrons. The van der Waals surface area contributed by atoms with E-state index < -0.39 is 5.97 Å². The molecule has 0 aromatic carbocycles. The van der Waals surface area contributed by atoms with Crippen molar-refractivity contribution in [3.8, 4) is 0 Å². The molecule has 1 aromatic rings. The number of carboxylic acid groups (broad SMARTS) is 1. The van der Waals surface area contributed by atoms with Gasteiger partial charge in [0.05, 0.1) is 5.56 Å². The minimum Gasteiger partial charge on any atom is -0.478 e. The van der Waals surface area contributed by atoms with Crippen LogP contribution in [0.5, 0.6) is 0 Å². The van der Waals surface area contributed by atoms with Gasteiger partial charge in [-0.25, -0.2) is 9.59 Å². The molecule has 0 atom stereocenters. The summed E-state index contributed by atoms with van der Waals surface area (Å²) in [4.78, 5) is 22.8. The van der Waals surface area contributed by atoms with E-state index in [1.165, 1.54) is 43.1 Å². The number of urea groups is 1. The van der Waals surface area contributed by atoms with Crippen molar-refractivity contribution in [3.05, 3.63) is 17.0 Å². The van der Waals surface area contributed by atoms with E-state index in [4.69, 9.17) is 5.11 Å². The zero-order valence-corrected chi connectivity index (χ0v) is 11.9. The number of thiophene rings is 1. The summed E-state index contributed by atoms with van der Waals surface area (Å²) in [6.45, 7) is 0.703. The molecule has 2 saturated carbocycles. The Labute approximate surface area is 121 Å². The van der Waals surface area contributed by atoms with E-state index in [9.17, 15) is 9.59 Å². The van der Waals surface area contributed by atoms with Crippen LogP contribution in [0.1, 0.15) is 36.0 Å². The monoisotopic (exact) mass is 294 g/mol. The highest BCUT2D eigenvalue weighted by Gasteiger charge is 2.41. The topological polar surface area (TPSA) is 78.4 Å². The van der Waals surface area contributed by atoms with E-state index >= 15 is 0 Å². The van der Waals surface area contributed by atoms with Crippen molar-refractivity contribution in [2.24, 2.45) is 17.8 Å². The summed E-state index contributed by atoms with van der Waals surface area (Å²) in [5, 5.41) is 16.6. The van der Waals surface area contributed by atoms with Gasteiger partial charge >= 0.3 is 12.0 Å². The Kier molecular flexibility index (Phi) is 3.65. The lowest BCUT2D eigenvalue weighted by Crippen LogP contribution is -2.34. The quantitative estimate of drug-likeness (QED) is 0.754. The largest absolute Gasteiger partial charge is 0.478 e. The van der Waals surface area contributed by atoms with Crippen LogP contribution >= 0.6 is 11.3 Å². The van der Waals surface area contributed by atoms with Gasteiger partial charge < -0.3 is 10.4 Å². The third-order valence-corrected chi connectivity index (χ3v) is 4.91. The van der Waals surface area contributed by atoms with Gasteiger partial charge in [0.2, 0.25) is 0 Å². The zero-order valence-electron chi connectivity index (χ0n) is 11.1. The van der Waals surface area contributed by atoms with Crippen molar-refractivity contribution in [1.82, 2.24) is 5.32 Å². The van der Waals surface area contributed by atoms with Crippen LogP contribution in [-0.2, 0) is 0 Å². The molecule has 0 saturated heterocycles. The molecule has 0 bridgehead atoms. The van der Waals surface area contributed by atoms with Crippen LogP contribution in [0.15, 0.2) is 11.4 Å². The number of rotatable bonds is 6. The van der Waals surface area contributed by atoms with Crippen LogP contribution in [0.2, 0.25) is 0 Å². The summed E-state index contributed by atoms with van der Waals surface area (Å²) in [5.74, 6) is 1.18. The van der Waals surface area contributed by atoms with Crippen LogP contribution in [-0.4, -0.2) is 23.7 Å². The fraction of sp³-hybridized carbons (Fsp3) is 0.571. The van der Waals surface area contributed by atoms with Gasteiger partial charge in [-0.15, -0.1) is 11.3 Å². The van der Waals surface area contributed by atoms with E-state index in [0.717, 1.165) is 11.8 Å². The van der Waals surface area contributed by atoms with Gasteiger partial charge in [0.15, 0.2) is 0 Å². The lowest BCUT2D eigenvalue weighted by molar-refractivity contribution is 0.0698. The first-order chi connectivity index (χ1) is 9.65. The number of amides is 2. The molecule has 5 nitrogen and oxygen atoms in total. The molecule has 6 heteroatoms. The molecule has 0 radical (unpaired) electrons. The van der Waals surface area contributed by atoms with Crippen molar-refractivity contribution in [3.63, 3.8) is 0 Å². The van der Waals surface area contributed by atoms with Gasteiger partial charge in [-0.1, -0.05) is 0 Å². The van der Waals surface area contributed by atoms with Crippen LogP contribution in [0.25, 0.3) is 0 Å². The van der Waals surface area contributed by atoms with Gasteiger partial charge in [-0.05, 0) is 54.9 Å². The maximum absolute atomic E-state index is 11.9. The molecule has 2 aliphatic carbocycles. The van der Waals surface area contributed by atoms with Crippen LogP contribution < -0.4 is 10.6 Å². The average molecular weight is 294 g/mol. The van der Waals surface area contributed by atoms with Gasteiger partial charge in [-0.3, -0.25) is 5.32 Å². The molecule has 0 spiro atoms. The first-order valence-corrected chi connectivity index (χ1v) is 7.88. The number of aromatic carboxylic acids is 1. The molecule has 0 aliphatic heterocycles. The van der Waals surface area contributed by atoms with E-state index in [-0.39, 0.29) is 11.6 Å². The molecule has 2 amide bonds. The number of carboxylic acids is 1. The Hall–Kier alpha value is -1.56. The van der Waals surface area contributed by atoms with Crippen molar-refractivity contribution >= 4 is 28.3 Å². The Morgan fingerprint density at radius 1 is 1.30 bits per heavy atom. The molecule has 2 aliphatic rings. The highest BCUT2D eigenvalue weighted by molar-refractivity contribution is 7.14. The van der Waals surface area contributed by atoms with Crippen molar-refractivity contribution in [2.45, 2.75) is 25.7 Å². The number of anilines is 1. The van der Waals surface area contributed by atoms with E-state index in [1.54, 1.807) is 5.38 Å². The van der Waals surface area contributed by atoms with Crippen LogP contribution in [0, 0.1) is 17.8 Å². The maximum Gasteiger partial charge on any atom is 0.338 e. The van der Waals surface area contributed by atoms with Gasteiger partial charge in [-0.2, -0.15) is 0 Å². The number of hydrogen-bond donors (Lipinski definition) is 3. The van der Waals surface area contributed by atoms with E-state index in [0.29, 0.717) is 17.5 Å². The molecule has 1 aromatic heterocycles.